The SMILES string of the molecule is N#CC(C#N)=NNc1ccc2c(c1)N(C(=O)c1cccs1)CC2. The molecule has 6 nitrogen and oxygen atoms in total. The monoisotopic (exact) mass is 321 g/mol. The van der Waals surface area contributed by atoms with Gasteiger partial charge in [-0.3, -0.25) is 10.2 Å². The molecule has 0 aliphatic carbocycles. The Morgan fingerprint density at radius 2 is 2.13 bits per heavy atom. The van der Waals surface area contributed by atoms with Gasteiger partial charge in [0.15, 0.2) is 0 Å². The zero-order valence-electron chi connectivity index (χ0n) is 12.0. The Balaban J connectivity index is 1.86. The second-order valence-electron chi connectivity index (χ2n) is 4.82. The number of amides is 1. The smallest absolute Gasteiger partial charge is 0.268 e. The van der Waals surface area contributed by atoms with Crippen molar-refractivity contribution in [3.63, 3.8) is 0 Å². The Morgan fingerprint density at radius 3 is 2.83 bits per heavy atom. The van der Waals surface area contributed by atoms with Crippen LogP contribution in [0.5, 0.6) is 0 Å². The van der Waals surface area contributed by atoms with Crippen molar-refractivity contribution in [2.24, 2.45) is 5.10 Å². The molecule has 0 radical (unpaired) electrons. The lowest BCUT2D eigenvalue weighted by atomic mass is 10.1. The van der Waals surface area contributed by atoms with Gasteiger partial charge in [-0.25, -0.2) is 0 Å². The van der Waals surface area contributed by atoms with Crippen LogP contribution in [0.2, 0.25) is 0 Å². The summed E-state index contributed by atoms with van der Waals surface area (Å²) in [5.41, 5.74) is 4.97. The average Bonchev–Trinajstić information content (AvgIpc) is 3.24. The van der Waals surface area contributed by atoms with E-state index in [2.05, 4.69) is 10.5 Å². The summed E-state index contributed by atoms with van der Waals surface area (Å²) in [6.07, 6.45) is 0.803. The van der Waals surface area contributed by atoms with Gasteiger partial charge in [0.1, 0.15) is 12.1 Å². The summed E-state index contributed by atoms with van der Waals surface area (Å²) in [6.45, 7) is 0.639. The average molecular weight is 321 g/mol. The quantitative estimate of drug-likeness (QED) is 0.695. The van der Waals surface area contributed by atoms with Crippen molar-refractivity contribution in [1.82, 2.24) is 0 Å². The Kier molecular flexibility index (Phi) is 4.05. The summed E-state index contributed by atoms with van der Waals surface area (Å²) in [6, 6.07) is 12.6. The molecule has 1 amide bonds. The van der Waals surface area contributed by atoms with Crippen LogP contribution in [0.3, 0.4) is 0 Å². The molecule has 3 rings (SSSR count). The Morgan fingerprint density at radius 1 is 1.30 bits per heavy atom. The molecule has 1 aliphatic heterocycles. The summed E-state index contributed by atoms with van der Waals surface area (Å²) in [5, 5.41) is 23.0. The Hall–Kier alpha value is -3.16. The van der Waals surface area contributed by atoms with E-state index in [9.17, 15) is 4.79 Å². The molecule has 1 aromatic carbocycles. The first-order valence-corrected chi connectivity index (χ1v) is 7.73. The molecule has 2 aromatic rings. The standard InChI is InChI=1S/C16H11N5OS/c17-9-13(10-18)20-19-12-4-3-11-5-6-21(14(11)8-12)16(22)15-2-1-7-23-15/h1-4,7-8,19H,5-6H2. The minimum absolute atomic E-state index is 0.0193. The second-order valence-corrected chi connectivity index (χ2v) is 5.77. The highest BCUT2D eigenvalue weighted by molar-refractivity contribution is 7.12. The zero-order valence-corrected chi connectivity index (χ0v) is 12.8. The van der Waals surface area contributed by atoms with Crippen molar-refractivity contribution in [3.8, 4) is 12.1 Å². The maximum Gasteiger partial charge on any atom is 0.268 e. The van der Waals surface area contributed by atoms with E-state index in [4.69, 9.17) is 10.5 Å². The molecule has 0 saturated heterocycles. The van der Waals surface area contributed by atoms with Crippen molar-refractivity contribution in [2.75, 3.05) is 16.9 Å². The van der Waals surface area contributed by atoms with Gasteiger partial charge in [-0.05, 0) is 35.6 Å². The fraction of sp³-hybridized carbons (Fsp3) is 0.125. The number of nitrogens with one attached hydrogen (secondary N) is 1. The van der Waals surface area contributed by atoms with Crippen molar-refractivity contribution < 1.29 is 4.79 Å². The highest BCUT2D eigenvalue weighted by atomic mass is 32.1. The fourth-order valence-electron chi connectivity index (χ4n) is 2.39. The predicted octanol–water partition coefficient (Wildman–Crippen LogP) is 2.77. The van der Waals surface area contributed by atoms with Gasteiger partial charge in [0.2, 0.25) is 5.71 Å². The number of rotatable bonds is 3. The number of hydrogen-bond donors (Lipinski definition) is 1. The number of fused-ring (bicyclic) bond motifs is 1. The summed E-state index contributed by atoms with van der Waals surface area (Å²) >= 11 is 1.42. The van der Waals surface area contributed by atoms with Gasteiger partial charge < -0.3 is 4.90 Å². The van der Waals surface area contributed by atoms with Crippen LogP contribution in [0.25, 0.3) is 0 Å². The highest BCUT2D eigenvalue weighted by Gasteiger charge is 2.26. The number of hydrazone groups is 1. The molecule has 0 bridgehead atoms. The largest absolute Gasteiger partial charge is 0.307 e. The van der Waals surface area contributed by atoms with E-state index >= 15 is 0 Å². The fourth-order valence-corrected chi connectivity index (χ4v) is 3.06. The lowest BCUT2D eigenvalue weighted by Gasteiger charge is -2.17. The number of nitrogens with zero attached hydrogens (tertiary/aromatic N) is 4. The number of anilines is 2. The van der Waals surface area contributed by atoms with Crippen molar-refractivity contribution in [1.29, 1.82) is 10.5 Å². The van der Waals surface area contributed by atoms with E-state index in [0.29, 0.717) is 17.1 Å². The van der Waals surface area contributed by atoms with Gasteiger partial charge in [0, 0.05) is 12.2 Å². The molecule has 23 heavy (non-hydrogen) atoms. The summed E-state index contributed by atoms with van der Waals surface area (Å²) in [4.78, 5) is 15.0. The van der Waals surface area contributed by atoms with Gasteiger partial charge in [-0.15, -0.1) is 11.3 Å². The summed E-state index contributed by atoms with van der Waals surface area (Å²) < 4.78 is 0. The van der Waals surface area contributed by atoms with E-state index in [0.717, 1.165) is 17.7 Å². The minimum atomic E-state index is -0.253. The van der Waals surface area contributed by atoms with E-state index in [1.165, 1.54) is 11.3 Å². The third-order valence-corrected chi connectivity index (χ3v) is 4.32. The maximum atomic E-state index is 12.5. The van der Waals surface area contributed by atoms with Crippen LogP contribution in [-0.2, 0) is 6.42 Å². The highest BCUT2D eigenvalue weighted by Crippen LogP contribution is 2.32. The van der Waals surface area contributed by atoms with Crippen molar-refractivity contribution in [2.45, 2.75) is 6.42 Å². The van der Waals surface area contributed by atoms with Crippen LogP contribution >= 0.6 is 11.3 Å². The van der Waals surface area contributed by atoms with E-state index in [-0.39, 0.29) is 11.6 Å². The Bertz CT molecular complexity index is 842. The van der Waals surface area contributed by atoms with Crippen LogP contribution in [0, 0.1) is 22.7 Å². The number of thiophene rings is 1. The molecular weight excluding hydrogens is 310 g/mol. The van der Waals surface area contributed by atoms with Gasteiger partial charge >= 0.3 is 0 Å². The molecule has 1 aromatic heterocycles. The number of benzene rings is 1. The summed E-state index contributed by atoms with van der Waals surface area (Å²) in [7, 11) is 0. The van der Waals surface area contributed by atoms with E-state index < -0.39 is 0 Å². The molecule has 0 fully saturated rings. The van der Waals surface area contributed by atoms with E-state index in [1.807, 2.05) is 35.7 Å². The first-order valence-electron chi connectivity index (χ1n) is 6.85. The first kappa shape index (κ1) is 14.8. The number of nitriles is 2. The zero-order chi connectivity index (χ0) is 16.2. The normalized spacial score (nSPS) is 12.0. The molecule has 2 heterocycles. The third kappa shape index (κ3) is 2.91. The number of hydrogen-bond acceptors (Lipinski definition) is 6. The van der Waals surface area contributed by atoms with Gasteiger partial charge in [-0.2, -0.15) is 15.6 Å². The van der Waals surface area contributed by atoms with Crippen LogP contribution < -0.4 is 10.3 Å². The topological polar surface area (TPSA) is 92.3 Å². The maximum absolute atomic E-state index is 12.5. The lowest BCUT2D eigenvalue weighted by molar-refractivity contribution is 0.0993. The van der Waals surface area contributed by atoms with Crippen LogP contribution in [0.15, 0.2) is 40.8 Å². The third-order valence-electron chi connectivity index (χ3n) is 3.47. The second kappa shape index (κ2) is 6.30. The molecule has 7 heteroatoms. The Labute approximate surface area is 136 Å². The van der Waals surface area contributed by atoms with Crippen LogP contribution in [0.4, 0.5) is 11.4 Å². The number of carbonyl (C=O) groups is 1. The van der Waals surface area contributed by atoms with Gasteiger partial charge in [-0.1, -0.05) is 12.1 Å². The van der Waals surface area contributed by atoms with Crippen LogP contribution in [-0.4, -0.2) is 18.2 Å². The van der Waals surface area contributed by atoms with Crippen molar-refractivity contribution in [3.05, 3.63) is 46.2 Å². The molecule has 0 spiro atoms. The van der Waals surface area contributed by atoms with E-state index in [1.54, 1.807) is 17.0 Å². The first-order chi connectivity index (χ1) is 11.2. The molecule has 0 atom stereocenters. The molecule has 112 valence electrons. The minimum Gasteiger partial charge on any atom is -0.307 e. The summed E-state index contributed by atoms with van der Waals surface area (Å²) in [5.74, 6) is -0.0193. The number of carbonyl (C=O) groups excluding carboxylic acids is 1. The lowest BCUT2D eigenvalue weighted by Crippen LogP contribution is -2.28. The molecule has 1 N–H and O–H groups in total. The molecule has 1 aliphatic rings. The van der Waals surface area contributed by atoms with Gasteiger partial charge in [0.05, 0.1) is 10.6 Å². The molecular formula is C16H11N5OS. The molecule has 0 saturated carbocycles. The predicted molar refractivity (Wildman–Crippen MR) is 88.4 cm³/mol. The van der Waals surface area contributed by atoms with Gasteiger partial charge in [0.25, 0.3) is 5.91 Å². The molecule has 0 unspecified atom stereocenters. The van der Waals surface area contributed by atoms with Crippen LogP contribution in [0.1, 0.15) is 15.2 Å². The van der Waals surface area contributed by atoms with Crippen molar-refractivity contribution >= 4 is 34.3 Å².